The average Bonchev–Trinajstić information content (AvgIpc) is 1.97. The normalized spacial score (nSPS) is 7.30. The lowest BCUT2D eigenvalue weighted by Gasteiger charge is -1.88. The Morgan fingerprint density at radius 1 is 1.50 bits per heavy atom. The van der Waals surface area contributed by atoms with Gasteiger partial charge in [-0.1, -0.05) is 6.08 Å². The largest absolute Gasteiger partial charge is 0.598 e. The van der Waals surface area contributed by atoms with Gasteiger partial charge in [-0.2, -0.15) is 0 Å². The summed E-state index contributed by atoms with van der Waals surface area (Å²) in [6.07, 6.45) is 6.46. The van der Waals surface area contributed by atoms with Crippen molar-refractivity contribution in [1.29, 1.82) is 0 Å². The summed E-state index contributed by atoms with van der Waals surface area (Å²) < 4.78 is 2.95. The number of rotatable bonds is 4. The van der Waals surface area contributed by atoms with Crippen molar-refractivity contribution >= 4 is 28.3 Å². The lowest BCUT2D eigenvalue weighted by molar-refractivity contribution is 0.773. The predicted molar refractivity (Wildman–Crippen MR) is 48.0 cm³/mol. The number of hydrogen-bond acceptors (Lipinski definition) is 0. The second kappa shape index (κ2) is 9.36. The van der Waals surface area contributed by atoms with Gasteiger partial charge in [0.25, 0.3) is 0 Å². The van der Waals surface area contributed by atoms with Gasteiger partial charge < -0.3 is 9.07 Å². The van der Waals surface area contributed by atoms with Crippen molar-refractivity contribution in [3.63, 3.8) is 0 Å². The summed E-state index contributed by atoms with van der Waals surface area (Å²) in [7, 11) is 5.49. The highest BCUT2D eigenvalue weighted by molar-refractivity contribution is 6.98. The molecule has 0 aliphatic rings. The molecule has 0 aromatic rings. The van der Waals surface area contributed by atoms with E-state index >= 15 is 0 Å². The number of hydrogen-bond donors (Lipinski definition) is 0. The summed E-state index contributed by atoms with van der Waals surface area (Å²) in [5, 5.41) is 0. The molecule has 52 valence electrons. The van der Waals surface area contributed by atoms with E-state index in [0.29, 0.717) is 0 Å². The van der Waals surface area contributed by atoms with Gasteiger partial charge in [0, 0.05) is 6.42 Å². The Morgan fingerprint density at radius 2 is 2.30 bits per heavy atom. The minimum absolute atomic E-state index is 0.535. The van der Waals surface area contributed by atoms with Gasteiger partial charge in [0.2, 0.25) is 0 Å². The Kier molecular flexibility index (Phi) is 9.69. The van der Waals surface area contributed by atoms with Crippen molar-refractivity contribution in [2.24, 2.45) is 0 Å². The molecule has 0 unspecified atom stereocenters. The van der Waals surface area contributed by atoms with E-state index in [9.17, 15) is 0 Å². The highest BCUT2D eigenvalue weighted by Crippen LogP contribution is 1.97. The molecule has 2 heteroatoms. The minimum atomic E-state index is -0.535. The molecule has 0 aromatic heterocycles. The molecular formula is C8H11ClMg. The first kappa shape index (κ1) is 10.4. The van der Waals surface area contributed by atoms with E-state index in [1.807, 2.05) is 6.08 Å². The van der Waals surface area contributed by atoms with Crippen LogP contribution in [0.4, 0.5) is 0 Å². The standard InChI is InChI=1S/C8H11.ClH.Mg/c1-3-5-7-8-6-4-2;;/h3H,1,5-8H2;1H;/q;;+1/p-1. The van der Waals surface area contributed by atoms with Crippen molar-refractivity contribution in [3.05, 3.63) is 12.7 Å². The molecule has 10 heavy (non-hydrogen) atoms. The van der Waals surface area contributed by atoms with Crippen LogP contribution in [0, 0.1) is 9.97 Å². The van der Waals surface area contributed by atoms with Crippen LogP contribution in [0.5, 0.6) is 0 Å². The predicted octanol–water partition coefficient (Wildman–Crippen LogP) is 2.55. The van der Waals surface area contributed by atoms with Gasteiger partial charge in [0.05, 0.1) is 0 Å². The molecule has 0 nitrogen and oxygen atoms in total. The van der Waals surface area contributed by atoms with Crippen LogP contribution in [0.3, 0.4) is 0 Å². The zero-order valence-electron chi connectivity index (χ0n) is 6.20. The van der Waals surface area contributed by atoms with Crippen LogP contribution in [-0.2, 0) is 0 Å². The van der Waals surface area contributed by atoms with Crippen molar-refractivity contribution < 1.29 is 0 Å². The van der Waals surface area contributed by atoms with E-state index in [0.717, 1.165) is 12.8 Å². The SMILES string of the molecule is C=CCCCCC#[C][Mg][Cl]. The lowest BCUT2D eigenvalue weighted by Crippen LogP contribution is -1.73. The van der Waals surface area contributed by atoms with Gasteiger partial charge in [-0.05, 0) is 19.3 Å². The molecule has 0 saturated heterocycles. The van der Waals surface area contributed by atoms with Crippen LogP contribution < -0.4 is 0 Å². The second-order valence-electron chi connectivity index (χ2n) is 2.02. The lowest BCUT2D eigenvalue weighted by atomic mass is 10.2. The molecule has 0 fully saturated rings. The zero-order valence-corrected chi connectivity index (χ0v) is 8.37. The Labute approximate surface area is 76.5 Å². The fourth-order valence-corrected chi connectivity index (χ4v) is 1.19. The fraction of sp³-hybridized carbons (Fsp3) is 0.500. The van der Waals surface area contributed by atoms with E-state index in [4.69, 9.17) is 9.07 Å². The highest BCUT2D eigenvalue weighted by Gasteiger charge is 1.81. The Hall–Kier alpha value is 0.356. The van der Waals surface area contributed by atoms with E-state index in [1.54, 1.807) is 0 Å². The molecule has 0 amide bonds. The van der Waals surface area contributed by atoms with Crippen LogP contribution in [0.2, 0.25) is 0 Å². The first-order valence-corrected chi connectivity index (χ1v) is 6.39. The molecule has 0 spiro atoms. The molecule has 0 atom stereocenters. The van der Waals surface area contributed by atoms with E-state index in [2.05, 4.69) is 16.5 Å². The summed E-state index contributed by atoms with van der Waals surface area (Å²) in [5.41, 5.74) is 0. The molecule has 0 rings (SSSR count). The third kappa shape index (κ3) is 8.36. The molecule has 0 aromatic carbocycles. The molecular weight excluding hydrogens is 156 g/mol. The van der Waals surface area contributed by atoms with Crippen molar-refractivity contribution in [1.82, 2.24) is 0 Å². The van der Waals surface area contributed by atoms with Gasteiger partial charge in [-0.15, -0.1) is 12.5 Å². The highest BCUT2D eigenvalue weighted by atomic mass is 35.5. The molecule has 0 saturated carbocycles. The van der Waals surface area contributed by atoms with Crippen LogP contribution in [0.15, 0.2) is 12.7 Å². The third-order valence-electron chi connectivity index (χ3n) is 1.15. The number of allylic oxidation sites excluding steroid dienone is 1. The maximum atomic E-state index is 5.49. The fourth-order valence-electron chi connectivity index (χ4n) is 0.638. The third-order valence-corrected chi connectivity index (χ3v) is 1.94. The Balaban J connectivity index is 2.97. The summed E-state index contributed by atoms with van der Waals surface area (Å²) in [6.45, 7) is 3.64. The van der Waals surface area contributed by atoms with Gasteiger partial charge in [0.15, 0.2) is 0 Å². The van der Waals surface area contributed by atoms with Crippen LogP contribution in [0.1, 0.15) is 25.7 Å². The maximum Gasteiger partial charge on any atom is 0.598 e. The topological polar surface area (TPSA) is 0 Å². The molecule has 0 radical (unpaired) electrons. The first-order valence-electron chi connectivity index (χ1n) is 3.54. The molecule has 0 aliphatic heterocycles. The van der Waals surface area contributed by atoms with E-state index in [-0.39, 0.29) is 0 Å². The summed E-state index contributed by atoms with van der Waals surface area (Å²) in [4.78, 5) is 0. The van der Waals surface area contributed by atoms with Crippen LogP contribution in [0.25, 0.3) is 0 Å². The quantitative estimate of drug-likeness (QED) is 0.261. The zero-order chi connectivity index (χ0) is 7.66. The number of unbranched alkanes of at least 4 members (excludes halogenated alkanes) is 3. The Morgan fingerprint density at radius 3 is 2.90 bits per heavy atom. The van der Waals surface area contributed by atoms with E-state index in [1.165, 1.54) is 12.8 Å². The summed E-state index contributed by atoms with van der Waals surface area (Å²) in [5.74, 6) is 3.04. The smallest absolute Gasteiger partial charge is 0.316 e. The van der Waals surface area contributed by atoms with Gasteiger partial charge in [0.1, 0.15) is 0 Å². The van der Waals surface area contributed by atoms with Crippen molar-refractivity contribution in [2.45, 2.75) is 25.7 Å². The molecule has 0 heterocycles. The maximum absolute atomic E-state index is 5.49. The van der Waals surface area contributed by atoms with E-state index < -0.39 is 19.3 Å². The Bertz CT molecular complexity index is 132. The van der Waals surface area contributed by atoms with Crippen molar-refractivity contribution in [2.75, 3.05) is 0 Å². The average molecular weight is 167 g/mol. The van der Waals surface area contributed by atoms with Gasteiger partial charge in [-0.25, -0.2) is 4.05 Å². The summed E-state index contributed by atoms with van der Waals surface area (Å²) in [6, 6.07) is 0. The molecule has 0 N–H and O–H groups in total. The van der Waals surface area contributed by atoms with Crippen LogP contribution >= 0.6 is 9.07 Å². The van der Waals surface area contributed by atoms with Crippen molar-refractivity contribution in [3.8, 4) is 9.97 Å². The van der Waals surface area contributed by atoms with Crippen LogP contribution in [-0.4, -0.2) is 19.3 Å². The van der Waals surface area contributed by atoms with Gasteiger partial charge in [-0.3, -0.25) is 0 Å². The minimum Gasteiger partial charge on any atom is -0.316 e. The molecule has 0 aliphatic carbocycles. The second-order valence-corrected chi connectivity index (χ2v) is 3.44. The molecule has 0 bridgehead atoms. The van der Waals surface area contributed by atoms with Gasteiger partial charge >= 0.3 is 19.3 Å². The summed E-state index contributed by atoms with van der Waals surface area (Å²) >= 11 is -0.535. The monoisotopic (exact) mass is 166 g/mol. The number of halogens is 1. The first-order chi connectivity index (χ1) is 4.91.